The first-order chi connectivity index (χ1) is 26.4. The summed E-state index contributed by atoms with van der Waals surface area (Å²) >= 11 is 0. The number of rotatable bonds is 20. The summed E-state index contributed by atoms with van der Waals surface area (Å²) in [5.41, 5.74) is 12.7. The molecule has 3 rings (SSSR count). The van der Waals surface area contributed by atoms with Gasteiger partial charge < -0.3 is 53.0 Å². The number of carbonyl (C=O) groups is 7. The number of aliphatic carboxylic acids is 1. The van der Waals surface area contributed by atoms with Gasteiger partial charge >= 0.3 is 5.97 Å². The lowest BCUT2D eigenvalue weighted by Gasteiger charge is -2.31. The zero-order chi connectivity index (χ0) is 41.7. The van der Waals surface area contributed by atoms with Crippen molar-refractivity contribution in [1.29, 1.82) is 0 Å². The molecule has 0 aliphatic carbocycles. The van der Waals surface area contributed by atoms with Crippen LogP contribution in [-0.4, -0.2) is 104 Å². The monoisotopic (exact) mass is 781 g/mol. The minimum absolute atomic E-state index is 0.0197. The number of nitrogens with two attached hydrogens (primary N) is 2. The number of nitrogens with one attached hydrogen (secondary N) is 4. The maximum Gasteiger partial charge on any atom is 0.303 e. The van der Waals surface area contributed by atoms with Gasteiger partial charge in [-0.3, -0.25) is 33.6 Å². The van der Waals surface area contributed by atoms with E-state index in [0.29, 0.717) is 24.0 Å². The number of carboxylic acid groups (broad SMARTS) is 1. The van der Waals surface area contributed by atoms with Crippen LogP contribution in [0.15, 0.2) is 48.5 Å². The molecule has 2 aromatic carbocycles. The topological polar surface area (TPSA) is 284 Å². The summed E-state index contributed by atoms with van der Waals surface area (Å²) < 4.78 is 0. The summed E-state index contributed by atoms with van der Waals surface area (Å²) in [7, 11) is 0. The summed E-state index contributed by atoms with van der Waals surface area (Å²) in [5, 5.41) is 39.6. The molecule has 1 aliphatic heterocycles. The zero-order valence-corrected chi connectivity index (χ0v) is 32.2. The number of hydrogen-bond acceptors (Lipinski definition) is 10. The Morgan fingerprint density at radius 1 is 0.768 bits per heavy atom. The van der Waals surface area contributed by atoms with E-state index in [-0.39, 0.29) is 55.6 Å². The lowest BCUT2D eigenvalue weighted by Crippen LogP contribution is -2.60. The highest BCUT2D eigenvalue weighted by molar-refractivity contribution is 5.97. The molecule has 1 aliphatic rings. The van der Waals surface area contributed by atoms with E-state index in [1.165, 1.54) is 29.2 Å². The number of aromatic hydroxyl groups is 2. The van der Waals surface area contributed by atoms with Crippen LogP contribution >= 0.6 is 0 Å². The van der Waals surface area contributed by atoms with Gasteiger partial charge in [-0.25, -0.2) is 0 Å². The van der Waals surface area contributed by atoms with Gasteiger partial charge in [0.2, 0.25) is 35.4 Å². The van der Waals surface area contributed by atoms with E-state index in [1.807, 2.05) is 6.92 Å². The van der Waals surface area contributed by atoms with E-state index in [2.05, 4.69) is 21.3 Å². The van der Waals surface area contributed by atoms with Gasteiger partial charge in [-0.05, 0) is 66.5 Å². The van der Waals surface area contributed by atoms with Gasteiger partial charge in [-0.15, -0.1) is 0 Å². The molecule has 6 amide bonds. The van der Waals surface area contributed by atoms with E-state index in [9.17, 15) is 48.9 Å². The quantitative estimate of drug-likeness (QED) is 0.0875. The highest BCUT2D eigenvalue weighted by atomic mass is 16.4. The number of phenolic OH excluding ortho intramolecular Hbond substituents is 2. The fourth-order valence-corrected chi connectivity index (χ4v) is 6.32. The Labute approximate surface area is 325 Å². The van der Waals surface area contributed by atoms with Crippen LogP contribution in [0.4, 0.5) is 0 Å². The van der Waals surface area contributed by atoms with Crippen molar-refractivity contribution in [1.82, 2.24) is 26.2 Å². The number of amides is 6. The highest BCUT2D eigenvalue weighted by Crippen LogP contribution is 2.21. The van der Waals surface area contributed by atoms with E-state index in [1.54, 1.807) is 45.0 Å². The summed E-state index contributed by atoms with van der Waals surface area (Å²) in [6.07, 6.45) is 0.322. The number of benzene rings is 2. The third-order valence-corrected chi connectivity index (χ3v) is 9.95. The van der Waals surface area contributed by atoms with Crippen molar-refractivity contribution in [3.63, 3.8) is 0 Å². The molecule has 7 atom stereocenters. The molecular formula is C39H55N7O10. The molecule has 11 N–H and O–H groups in total. The molecule has 2 aromatic rings. The molecular weight excluding hydrogens is 726 g/mol. The van der Waals surface area contributed by atoms with Crippen molar-refractivity contribution in [2.24, 2.45) is 23.3 Å². The summed E-state index contributed by atoms with van der Waals surface area (Å²) in [4.78, 5) is 93.6. The fraction of sp³-hybridized carbons (Fsp3) is 0.513. The first-order valence-corrected chi connectivity index (χ1v) is 18.8. The van der Waals surface area contributed by atoms with Gasteiger partial charge in [0.15, 0.2) is 0 Å². The Bertz CT molecular complexity index is 1700. The summed E-state index contributed by atoms with van der Waals surface area (Å²) in [5.74, 6) is -6.14. The number of phenols is 2. The van der Waals surface area contributed by atoms with Crippen molar-refractivity contribution >= 4 is 41.4 Å². The number of hydrogen-bond donors (Lipinski definition) is 9. The number of carbonyl (C=O) groups excluding carboxylic acids is 6. The maximum atomic E-state index is 14.1. The van der Waals surface area contributed by atoms with Crippen molar-refractivity contribution in [3.05, 3.63) is 59.7 Å². The number of nitrogens with zero attached hydrogens (tertiary/aromatic N) is 1. The van der Waals surface area contributed by atoms with Crippen molar-refractivity contribution in [2.45, 2.75) is 109 Å². The van der Waals surface area contributed by atoms with Crippen molar-refractivity contribution in [2.75, 3.05) is 6.54 Å². The molecule has 306 valence electrons. The van der Waals surface area contributed by atoms with Crippen LogP contribution in [0, 0.1) is 11.8 Å². The zero-order valence-electron chi connectivity index (χ0n) is 32.2. The predicted octanol–water partition coefficient (Wildman–Crippen LogP) is 0.193. The van der Waals surface area contributed by atoms with Gasteiger partial charge in [0, 0.05) is 25.8 Å². The maximum absolute atomic E-state index is 14.1. The molecule has 17 nitrogen and oxygen atoms in total. The molecule has 1 saturated heterocycles. The van der Waals surface area contributed by atoms with Crippen LogP contribution < -0.4 is 32.7 Å². The van der Waals surface area contributed by atoms with Gasteiger partial charge in [-0.1, -0.05) is 58.4 Å². The Balaban J connectivity index is 1.91. The van der Waals surface area contributed by atoms with Gasteiger partial charge in [0.05, 0.1) is 6.04 Å². The molecule has 0 saturated carbocycles. The van der Waals surface area contributed by atoms with E-state index >= 15 is 0 Å². The SMILES string of the molecule is CC[C@H](C)[C@H](N)C(=O)N[C@@H](CCC(=O)O)C(=O)N1CCC[C@H]1C(=O)N[C@@H](Cc1ccc(O)cc1)C(=O)N[C@@H](Cc1ccc(O)cc1)C(=O)N[C@H](C(N)=O)C(C)C. The van der Waals surface area contributed by atoms with Crippen LogP contribution in [0.1, 0.15) is 70.9 Å². The largest absolute Gasteiger partial charge is 0.508 e. The normalized spacial score (nSPS) is 17.1. The molecule has 56 heavy (non-hydrogen) atoms. The molecule has 0 radical (unpaired) electrons. The highest BCUT2D eigenvalue weighted by Gasteiger charge is 2.40. The minimum Gasteiger partial charge on any atom is -0.508 e. The van der Waals surface area contributed by atoms with Gasteiger partial charge in [0.25, 0.3) is 0 Å². The molecule has 0 spiro atoms. The van der Waals surface area contributed by atoms with E-state index < -0.39 is 84.1 Å². The summed E-state index contributed by atoms with van der Waals surface area (Å²) in [6.45, 7) is 7.12. The Kier molecular flexibility index (Phi) is 16.6. The van der Waals surface area contributed by atoms with Gasteiger partial charge in [-0.2, -0.15) is 0 Å². The third kappa shape index (κ3) is 13.0. The number of carboxylic acids is 1. The second-order valence-electron chi connectivity index (χ2n) is 14.6. The fourth-order valence-electron chi connectivity index (χ4n) is 6.32. The second-order valence-corrected chi connectivity index (χ2v) is 14.6. The van der Waals surface area contributed by atoms with E-state index in [0.717, 1.165) is 0 Å². The molecule has 0 aromatic heterocycles. The Morgan fingerprint density at radius 2 is 1.27 bits per heavy atom. The Morgan fingerprint density at radius 3 is 1.75 bits per heavy atom. The van der Waals surface area contributed by atoms with Crippen molar-refractivity contribution in [3.8, 4) is 11.5 Å². The summed E-state index contributed by atoms with van der Waals surface area (Å²) in [6, 6.07) is 4.83. The van der Waals surface area contributed by atoms with Crippen molar-refractivity contribution < 1.29 is 48.9 Å². The van der Waals surface area contributed by atoms with Crippen LogP contribution in [0.3, 0.4) is 0 Å². The molecule has 0 unspecified atom stereocenters. The van der Waals surface area contributed by atoms with Crippen LogP contribution in [0.2, 0.25) is 0 Å². The molecule has 1 heterocycles. The van der Waals surface area contributed by atoms with Crippen LogP contribution in [0.25, 0.3) is 0 Å². The van der Waals surface area contributed by atoms with Crippen LogP contribution in [0.5, 0.6) is 11.5 Å². The van der Waals surface area contributed by atoms with Gasteiger partial charge in [0.1, 0.15) is 41.7 Å². The Hall–Kier alpha value is -5.71. The molecule has 17 heteroatoms. The first kappa shape index (κ1) is 44.7. The van der Waals surface area contributed by atoms with Crippen LogP contribution in [-0.2, 0) is 46.4 Å². The average molecular weight is 782 g/mol. The smallest absolute Gasteiger partial charge is 0.303 e. The lowest BCUT2D eigenvalue weighted by molar-refractivity contribution is -0.143. The predicted molar refractivity (Wildman–Crippen MR) is 204 cm³/mol. The number of likely N-dealkylation sites (tertiary alicyclic amines) is 1. The third-order valence-electron chi connectivity index (χ3n) is 9.95. The lowest BCUT2D eigenvalue weighted by atomic mass is 9.98. The second kappa shape index (κ2) is 20.8. The minimum atomic E-state index is -1.33. The standard InChI is InChI=1S/C39H55N7O10/c1-5-22(4)32(40)38(55)42-27(16-17-31(49)50)39(56)46-18-6-7-30(46)37(54)44-28(19-23-8-12-25(47)13-9-23)35(52)43-29(20-24-10-14-26(48)15-11-24)36(53)45-33(21(2)3)34(41)51/h8-15,21-22,27-30,32-33,47-48H,5-7,16-20,40H2,1-4H3,(H2,41,51)(H,42,55)(H,43,52)(H,44,54)(H,45,53)(H,49,50)/t22-,27-,28-,29-,30-,32-,33-/m0/s1. The van der Waals surface area contributed by atoms with E-state index in [4.69, 9.17) is 11.5 Å². The average Bonchev–Trinajstić information content (AvgIpc) is 3.65. The number of primary amides is 1. The molecule has 1 fully saturated rings. The molecule has 0 bridgehead atoms. The first-order valence-electron chi connectivity index (χ1n) is 18.8.